The molecule has 5 heteroatoms. The van der Waals surface area contributed by atoms with Gasteiger partial charge in [-0.3, -0.25) is 9.59 Å². The second kappa shape index (κ2) is 6.32. The van der Waals surface area contributed by atoms with E-state index >= 15 is 0 Å². The van der Waals surface area contributed by atoms with Crippen LogP contribution in [0.25, 0.3) is 0 Å². The van der Waals surface area contributed by atoms with Crippen LogP contribution in [0.1, 0.15) is 15.9 Å². The van der Waals surface area contributed by atoms with Gasteiger partial charge in [-0.2, -0.15) is 0 Å². The Balaban J connectivity index is 1.61. The molecule has 0 radical (unpaired) electrons. The van der Waals surface area contributed by atoms with E-state index in [1.807, 2.05) is 24.3 Å². The SMILES string of the molecule is O=C(NCC(=O)N1CCc2ccccc21)c1ccc(Br)cc1. The fourth-order valence-electron chi connectivity index (χ4n) is 2.55. The van der Waals surface area contributed by atoms with Crippen molar-refractivity contribution in [1.29, 1.82) is 0 Å². The fraction of sp³-hybridized carbons (Fsp3) is 0.176. The molecule has 0 bridgehead atoms. The third-order valence-electron chi connectivity index (χ3n) is 3.69. The number of amides is 2. The molecule has 0 saturated heterocycles. The van der Waals surface area contributed by atoms with Crippen molar-refractivity contribution in [1.82, 2.24) is 5.32 Å². The first-order valence-corrected chi connectivity index (χ1v) is 7.86. The van der Waals surface area contributed by atoms with Crippen molar-refractivity contribution in [3.63, 3.8) is 0 Å². The van der Waals surface area contributed by atoms with Crippen molar-refractivity contribution in [2.75, 3.05) is 18.0 Å². The van der Waals surface area contributed by atoms with Gasteiger partial charge in [0.2, 0.25) is 5.91 Å². The van der Waals surface area contributed by atoms with Crippen LogP contribution in [0.4, 0.5) is 5.69 Å². The standard InChI is InChI=1S/C17H15BrN2O2/c18-14-7-5-13(6-8-14)17(22)19-11-16(21)20-10-9-12-3-1-2-4-15(12)20/h1-8H,9-11H2,(H,19,22). The number of rotatable bonds is 3. The monoisotopic (exact) mass is 358 g/mol. The van der Waals surface area contributed by atoms with Crippen LogP contribution in [-0.2, 0) is 11.2 Å². The average molecular weight is 359 g/mol. The van der Waals surface area contributed by atoms with E-state index in [-0.39, 0.29) is 18.4 Å². The van der Waals surface area contributed by atoms with E-state index in [1.54, 1.807) is 29.2 Å². The molecule has 3 rings (SSSR count). The molecule has 2 aromatic rings. The summed E-state index contributed by atoms with van der Waals surface area (Å²) in [6, 6.07) is 14.9. The molecule has 4 nitrogen and oxygen atoms in total. The lowest BCUT2D eigenvalue weighted by Gasteiger charge is -2.17. The van der Waals surface area contributed by atoms with Crippen LogP contribution in [0, 0.1) is 0 Å². The minimum absolute atomic E-state index is 0.00321. The van der Waals surface area contributed by atoms with Gasteiger partial charge in [0.15, 0.2) is 0 Å². The highest BCUT2D eigenvalue weighted by molar-refractivity contribution is 9.10. The summed E-state index contributed by atoms with van der Waals surface area (Å²) in [5.74, 6) is -0.330. The van der Waals surface area contributed by atoms with Crippen molar-refractivity contribution in [2.45, 2.75) is 6.42 Å². The van der Waals surface area contributed by atoms with E-state index in [0.717, 1.165) is 16.6 Å². The summed E-state index contributed by atoms with van der Waals surface area (Å²) < 4.78 is 0.911. The van der Waals surface area contributed by atoms with Crippen LogP contribution in [0.2, 0.25) is 0 Å². The Hall–Kier alpha value is -2.14. The zero-order valence-electron chi connectivity index (χ0n) is 11.9. The van der Waals surface area contributed by atoms with Crippen LogP contribution in [-0.4, -0.2) is 24.9 Å². The van der Waals surface area contributed by atoms with Crippen LogP contribution < -0.4 is 10.2 Å². The number of fused-ring (bicyclic) bond motifs is 1. The Morgan fingerprint density at radius 1 is 1.09 bits per heavy atom. The van der Waals surface area contributed by atoms with E-state index < -0.39 is 0 Å². The molecule has 1 aliphatic rings. The predicted octanol–water partition coefficient (Wildman–Crippen LogP) is 2.77. The molecule has 1 heterocycles. The molecule has 2 aromatic carbocycles. The highest BCUT2D eigenvalue weighted by Gasteiger charge is 2.24. The van der Waals surface area contributed by atoms with Crippen molar-refractivity contribution in [2.24, 2.45) is 0 Å². The number of carbonyl (C=O) groups excluding carboxylic acids is 2. The maximum Gasteiger partial charge on any atom is 0.251 e. The number of nitrogens with zero attached hydrogens (tertiary/aromatic N) is 1. The number of halogens is 1. The molecule has 0 saturated carbocycles. The first kappa shape index (κ1) is 14.8. The molecular formula is C17H15BrN2O2. The fourth-order valence-corrected chi connectivity index (χ4v) is 2.82. The highest BCUT2D eigenvalue weighted by Crippen LogP contribution is 2.27. The average Bonchev–Trinajstić information content (AvgIpc) is 2.97. The van der Waals surface area contributed by atoms with Crippen LogP contribution in [0.5, 0.6) is 0 Å². The molecule has 0 spiro atoms. The van der Waals surface area contributed by atoms with Gasteiger partial charge in [-0.25, -0.2) is 0 Å². The lowest BCUT2D eigenvalue weighted by molar-refractivity contribution is -0.117. The van der Waals surface area contributed by atoms with Crippen LogP contribution >= 0.6 is 15.9 Å². The molecule has 1 N–H and O–H groups in total. The number of para-hydroxylation sites is 1. The predicted molar refractivity (Wildman–Crippen MR) is 89.0 cm³/mol. The number of nitrogens with one attached hydrogen (secondary N) is 1. The third kappa shape index (κ3) is 3.04. The lowest BCUT2D eigenvalue weighted by Crippen LogP contribution is -2.39. The zero-order chi connectivity index (χ0) is 15.5. The summed E-state index contributed by atoms with van der Waals surface area (Å²) in [4.78, 5) is 26.1. The summed E-state index contributed by atoms with van der Waals surface area (Å²) in [6.07, 6.45) is 0.864. The van der Waals surface area contributed by atoms with Crippen LogP contribution in [0.15, 0.2) is 53.0 Å². The third-order valence-corrected chi connectivity index (χ3v) is 4.22. The Morgan fingerprint density at radius 2 is 1.82 bits per heavy atom. The van der Waals surface area contributed by atoms with E-state index in [1.165, 1.54) is 5.56 Å². The molecule has 0 atom stereocenters. The molecule has 22 heavy (non-hydrogen) atoms. The van der Waals surface area contributed by atoms with E-state index in [2.05, 4.69) is 21.2 Å². The van der Waals surface area contributed by atoms with Gasteiger partial charge in [0, 0.05) is 22.3 Å². The van der Waals surface area contributed by atoms with Gasteiger partial charge in [0.05, 0.1) is 6.54 Å². The van der Waals surface area contributed by atoms with Gasteiger partial charge in [0.25, 0.3) is 5.91 Å². The maximum atomic E-state index is 12.3. The number of hydrogen-bond donors (Lipinski definition) is 1. The molecule has 0 fully saturated rings. The first-order valence-electron chi connectivity index (χ1n) is 7.07. The number of hydrogen-bond acceptors (Lipinski definition) is 2. The second-order valence-corrected chi connectivity index (χ2v) is 6.03. The Kier molecular flexibility index (Phi) is 4.24. The lowest BCUT2D eigenvalue weighted by atomic mass is 10.2. The molecule has 0 unspecified atom stereocenters. The smallest absolute Gasteiger partial charge is 0.251 e. The van der Waals surface area contributed by atoms with Gasteiger partial charge in [-0.1, -0.05) is 34.1 Å². The Bertz CT molecular complexity index is 713. The summed E-state index contributed by atoms with van der Waals surface area (Å²) in [7, 11) is 0. The normalized spacial score (nSPS) is 12.9. The van der Waals surface area contributed by atoms with Crippen molar-refractivity contribution in [3.8, 4) is 0 Å². The van der Waals surface area contributed by atoms with E-state index in [0.29, 0.717) is 12.1 Å². The van der Waals surface area contributed by atoms with Gasteiger partial charge in [-0.15, -0.1) is 0 Å². The van der Waals surface area contributed by atoms with Crippen molar-refractivity contribution in [3.05, 3.63) is 64.1 Å². The second-order valence-electron chi connectivity index (χ2n) is 5.11. The van der Waals surface area contributed by atoms with Gasteiger partial charge < -0.3 is 10.2 Å². The van der Waals surface area contributed by atoms with Gasteiger partial charge in [0.1, 0.15) is 0 Å². The number of benzene rings is 2. The summed E-state index contributed by atoms with van der Waals surface area (Å²) in [6.45, 7) is 0.676. The number of carbonyl (C=O) groups is 2. The zero-order valence-corrected chi connectivity index (χ0v) is 13.5. The quantitative estimate of drug-likeness (QED) is 0.916. The summed E-state index contributed by atoms with van der Waals surface area (Å²) in [5, 5.41) is 2.68. The molecule has 2 amide bonds. The minimum Gasteiger partial charge on any atom is -0.343 e. The van der Waals surface area contributed by atoms with E-state index in [4.69, 9.17) is 0 Å². The summed E-state index contributed by atoms with van der Waals surface area (Å²) in [5.41, 5.74) is 2.67. The Morgan fingerprint density at radius 3 is 2.59 bits per heavy atom. The molecular weight excluding hydrogens is 344 g/mol. The highest BCUT2D eigenvalue weighted by atomic mass is 79.9. The molecule has 112 valence electrons. The number of anilines is 1. The van der Waals surface area contributed by atoms with Gasteiger partial charge in [-0.05, 0) is 42.3 Å². The maximum absolute atomic E-state index is 12.3. The molecule has 1 aliphatic heterocycles. The largest absolute Gasteiger partial charge is 0.343 e. The topological polar surface area (TPSA) is 49.4 Å². The molecule has 0 aliphatic carbocycles. The van der Waals surface area contributed by atoms with E-state index in [9.17, 15) is 9.59 Å². The van der Waals surface area contributed by atoms with Crippen molar-refractivity contribution < 1.29 is 9.59 Å². The summed E-state index contributed by atoms with van der Waals surface area (Å²) >= 11 is 3.32. The van der Waals surface area contributed by atoms with Gasteiger partial charge >= 0.3 is 0 Å². The minimum atomic E-state index is -0.242. The van der Waals surface area contributed by atoms with Crippen LogP contribution in [0.3, 0.4) is 0 Å². The van der Waals surface area contributed by atoms with Crippen molar-refractivity contribution >= 4 is 33.4 Å². The Labute approximate surface area is 137 Å². The molecule has 0 aromatic heterocycles. The first-order chi connectivity index (χ1) is 10.6.